The van der Waals surface area contributed by atoms with Crippen LogP contribution in [-0.2, 0) is 15.2 Å². The number of benzene rings is 3. The van der Waals surface area contributed by atoms with Gasteiger partial charge in [0.2, 0.25) is 5.91 Å². The summed E-state index contributed by atoms with van der Waals surface area (Å²) in [6.45, 7) is 0.921. The number of carboxylic acids is 1. The second-order valence-corrected chi connectivity index (χ2v) is 13.1. The number of piperidine rings is 1. The molecule has 13 nitrogen and oxygen atoms in total. The summed E-state index contributed by atoms with van der Waals surface area (Å²) in [6, 6.07) is 26.6. The number of aliphatic carboxylic acids is 1. The van der Waals surface area contributed by atoms with Crippen molar-refractivity contribution in [1.29, 1.82) is 0 Å². The lowest BCUT2D eigenvalue weighted by molar-refractivity contribution is -0.140. The minimum absolute atomic E-state index is 0.0629. The second-order valence-electron chi connectivity index (χ2n) is 12.4. The number of H-pyrrole nitrogens is 2. The van der Waals surface area contributed by atoms with Gasteiger partial charge in [0.25, 0.3) is 0 Å². The Bertz CT molecular complexity index is 2460. The van der Waals surface area contributed by atoms with Gasteiger partial charge in [-0.25, -0.2) is 14.8 Å². The Balaban J connectivity index is 0.000000180. The average molecular weight is 732 g/mol. The number of fused-ring (bicyclic) bond motifs is 2. The molecule has 0 spiro atoms. The number of amides is 1. The Morgan fingerprint density at radius 1 is 0.692 bits per heavy atom. The Morgan fingerprint density at radius 3 is 1.62 bits per heavy atom. The van der Waals surface area contributed by atoms with Crippen molar-refractivity contribution in [3.8, 4) is 0 Å². The van der Waals surface area contributed by atoms with E-state index in [2.05, 4.69) is 30.4 Å². The van der Waals surface area contributed by atoms with Crippen LogP contribution in [0.25, 0.3) is 22.1 Å². The van der Waals surface area contributed by atoms with Crippen LogP contribution in [0.1, 0.15) is 41.6 Å². The summed E-state index contributed by atoms with van der Waals surface area (Å²) < 4.78 is 4.09. The fourth-order valence-electron chi connectivity index (χ4n) is 6.48. The van der Waals surface area contributed by atoms with Crippen molar-refractivity contribution in [3.63, 3.8) is 0 Å². The standard InChI is InChI=1S/C24H23N5O2S.C13H10N4O2S/c30-22(28-13-11-24(31,12-14-28)18-9-5-2-6-10-18)20(17-7-3-1-4-8-17)29-16-25-21-19(23(29)32)15-26-27-21;18-13(19)10(8-4-2-1-3-5-8)17-7-14-11-9(12(17)20)6-15-16-11/h1-10,15-16,20,31H,11-14H2,(H,26,27);1-7,10H,(H,15,16)(H,18,19). The van der Waals surface area contributed by atoms with E-state index in [4.69, 9.17) is 24.4 Å². The molecule has 262 valence electrons. The van der Waals surface area contributed by atoms with Gasteiger partial charge in [0, 0.05) is 13.1 Å². The number of carbonyl (C=O) groups excluding carboxylic acids is 1. The van der Waals surface area contributed by atoms with Gasteiger partial charge in [-0.05, 0) is 29.5 Å². The van der Waals surface area contributed by atoms with Crippen molar-refractivity contribution in [1.82, 2.24) is 44.4 Å². The molecule has 0 bridgehead atoms. The molecule has 1 amide bonds. The zero-order valence-electron chi connectivity index (χ0n) is 27.6. The molecule has 8 rings (SSSR count). The first kappa shape index (κ1) is 34.5. The van der Waals surface area contributed by atoms with Crippen LogP contribution in [-0.4, -0.2) is 79.6 Å². The van der Waals surface area contributed by atoms with E-state index in [0.29, 0.717) is 62.8 Å². The fraction of sp³-hybridized carbons (Fsp3) is 0.189. The summed E-state index contributed by atoms with van der Waals surface area (Å²) in [4.78, 5) is 35.8. The molecule has 7 aromatic rings. The van der Waals surface area contributed by atoms with Gasteiger partial charge in [0.15, 0.2) is 17.3 Å². The molecule has 0 saturated carbocycles. The monoisotopic (exact) mass is 731 g/mol. The number of likely N-dealkylation sites (tertiary alicyclic amines) is 1. The molecule has 3 aromatic carbocycles. The maximum atomic E-state index is 13.8. The largest absolute Gasteiger partial charge is 0.479 e. The van der Waals surface area contributed by atoms with E-state index in [9.17, 15) is 19.8 Å². The summed E-state index contributed by atoms with van der Waals surface area (Å²) >= 11 is 11.0. The van der Waals surface area contributed by atoms with E-state index in [1.807, 2.05) is 71.6 Å². The molecule has 4 N–H and O–H groups in total. The third kappa shape index (κ3) is 6.76. The summed E-state index contributed by atoms with van der Waals surface area (Å²) in [6.07, 6.45) is 7.17. The highest BCUT2D eigenvalue weighted by atomic mass is 32.1. The highest BCUT2D eigenvalue weighted by Gasteiger charge is 2.38. The molecule has 0 aliphatic carbocycles. The lowest BCUT2D eigenvalue weighted by Gasteiger charge is -2.40. The average Bonchev–Trinajstić information content (AvgIpc) is 3.87. The Labute approximate surface area is 307 Å². The van der Waals surface area contributed by atoms with E-state index in [1.54, 1.807) is 47.6 Å². The highest BCUT2D eigenvalue weighted by molar-refractivity contribution is 7.71. The first-order chi connectivity index (χ1) is 25.2. The summed E-state index contributed by atoms with van der Waals surface area (Å²) in [5, 5.41) is 35.4. The van der Waals surface area contributed by atoms with Crippen LogP contribution >= 0.6 is 24.4 Å². The van der Waals surface area contributed by atoms with Gasteiger partial charge in [-0.2, -0.15) is 10.2 Å². The van der Waals surface area contributed by atoms with Crippen molar-refractivity contribution >= 4 is 58.4 Å². The van der Waals surface area contributed by atoms with Crippen molar-refractivity contribution in [2.24, 2.45) is 0 Å². The Hall–Kier alpha value is -5.90. The van der Waals surface area contributed by atoms with Crippen molar-refractivity contribution in [2.75, 3.05) is 13.1 Å². The molecule has 5 heterocycles. The Kier molecular flexibility index (Phi) is 9.80. The van der Waals surface area contributed by atoms with Gasteiger partial charge in [-0.15, -0.1) is 0 Å². The van der Waals surface area contributed by atoms with Gasteiger partial charge >= 0.3 is 5.97 Å². The molecule has 4 aromatic heterocycles. The van der Waals surface area contributed by atoms with Crippen molar-refractivity contribution < 1.29 is 19.8 Å². The molecular weight excluding hydrogens is 699 g/mol. The third-order valence-corrected chi connectivity index (χ3v) is 10.1. The quantitative estimate of drug-likeness (QED) is 0.148. The van der Waals surface area contributed by atoms with Crippen LogP contribution in [0.5, 0.6) is 0 Å². The van der Waals surface area contributed by atoms with Gasteiger partial charge in [-0.1, -0.05) is 115 Å². The van der Waals surface area contributed by atoms with Crippen LogP contribution in [0, 0.1) is 9.28 Å². The molecule has 52 heavy (non-hydrogen) atoms. The predicted octanol–water partition coefficient (Wildman–Crippen LogP) is 5.75. The molecule has 2 atom stereocenters. The normalized spacial score (nSPS) is 15.1. The number of nitrogens with one attached hydrogen (secondary N) is 2. The van der Waals surface area contributed by atoms with E-state index in [0.717, 1.165) is 11.1 Å². The molecule has 1 aliphatic rings. The van der Waals surface area contributed by atoms with E-state index >= 15 is 0 Å². The number of aliphatic hydroxyl groups is 1. The van der Waals surface area contributed by atoms with Gasteiger partial charge < -0.3 is 24.2 Å². The lowest BCUT2D eigenvalue weighted by atomic mass is 9.84. The topological polar surface area (TPSA) is 171 Å². The van der Waals surface area contributed by atoms with Crippen LogP contribution in [0.3, 0.4) is 0 Å². The molecule has 0 radical (unpaired) electrons. The highest BCUT2D eigenvalue weighted by Crippen LogP contribution is 2.34. The van der Waals surface area contributed by atoms with E-state index in [1.165, 1.54) is 10.9 Å². The van der Waals surface area contributed by atoms with Crippen LogP contribution in [0.4, 0.5) is 0 Å². The number of aromatic nitrogens is 8. The molecule has 2 unspecified atom stereocenters. The number of aromatic amines is 2. The summed E-state index contributed by atoms with van der Waals surface area (Å²) in [7, 11) is 0. The third-order valence-electron chi connectivity index (χ3n) is 9.26. The Morgan fingerprint density at radius 2 is 1.13 bits per heavy atom. The SMILES string of the molecule is O=C(C(c1ccccc1)n1cnc2[nH]ncc2c1=S)N1CCC(O)(c2ccccc2)CC1.O=C(O)C(c1ccccc1)n1cnc2[nH]ncc2c1=S. The maximum absolute atomic E-state index is 13.8. The van der Waals surface area contributed by atoms with Gasteiger partial charge in [0.05, 0.1) is 41.4 Å². The number of nitrogens with zero attached hydrogens (tertiary/aromatic N) is 7. The molecule has 15 heteroatoms. The zero-order chi connectivity index (χ0) is 36.2. The minimum atomic E-state index is -0.989. The first-order valence-electron chi connectivity index (χ1n) is 16.4. The van der Waals surface area contributed by atoms with Gasteiger partial charge in [-0.3, -0.25) is 15.0 Å². The summed E-state index contributed by atoms with van der Waals surface area (Å²) in [5.41, 5.74) is 2.58. The first-order valence-corrected chi connectivity index (χ1v) is 17.3. The lowest BCUT2D eigenvalue weighted by Crippen LogP contribution is -2.47. The zero-order valence-corrected chi connectivity index (χ0v) is 29.2. The number of rotatable bonds is 7. The van der Waals surface area contributed by atoms with Crippen molar-refractivity contribution in [3.05, 3.63) is 142 Å². The number of hydrogen-bond donors (Lipinski definition) is 4. The maximum Gasteiger partial charge on any atom is 0.331 e. The smallest absolute Gasteiger partial charge is 0.331 e. The van der Waals surface area contributed by atoms with Crippen LogP contribution in [0.2, 0.25) is 0 Å². The van der Waals surface area contributed by atoms with Gasteiger partial charge in [0.1, 0.15) is 15.3 Å². The predicted molar refractivity (Wildman–Crippen MR) is 198 cm³/mol. The van der Waals surface area contributed by atoms with Crippen LogP contribution in [0.15, 0.2) is 116 Å². The van der Waals surface area contributed by atoms with Crippen LogP contribution < -0.4 is 0 Å². The minimum Gasteiger partial charge on any atom is -0.479 e. The summed E-state index contributed by atoms with van der Waals surface area (Å²) in [5.74, 6) is -1.05. The number of hydrogen-bond acceptors (Lipinski definition) is 9. The van der Waals surface area contributed by atoms with E-state index < -0.39 is 23.7 Å². The number of carbonyl (C=O) groups is 2. The molecular formula is C37H33N9O4S2. The second kappa shape index (κ2) is 14.8. The fourth-order valence-corrected chi connectivity index (χ4v) is 7.09. The molecule has 1 fully saturated rings. The van der Waals surface area contributed by atoms with Crippen molar-refractivity contribution in [2.45, 2.75) is 30.5 Å². The van der Waals surface area contributed by atoms with E-state index in [-0.39, 0.29) is 5.91 Å². The molecule has 1 saturated heterocycles. The number of carboxylic acid groups (broad SMARTS) is 1. The molecule has 1 aliphatic heterocycles.